The summed E-state index contributed by atoms with van der Waals surface area (Å²) in [5, 5.41) is 21.9. The van der Waals surface area contributed by atoms with Crippen molar-refractivity contribution in [3.63, 3.8) is 0 Å². The number of hydrogen-bond acceptors (Lipinski definition) is 32. The van der Waals surface area contributed by atoms with E-state index in [0.29, 0.717) is 119 Å². The standard InChI is InChI=1S/C29H35N5O3S2.C27H28N4O3S3.C26H29N5O2S2.C26H24N4O4S3/c1-7-25(35)34-14-10-13-33(18-23(34)29(3,4)5)27(36)20-16-22(19(2)15-21(20)37-6)38-26-17-31-28(39-26)32-24-11-8-9-12-30-24;1-5-17(3)31-19-6-7-20(31)14-30(13-19)26(33)21-11-23(16(2)10-22(21)34-4)36-24-12-28-27(37-24)29-25(32)18-8-9-35-15-18;1-6-18(3)31-12-10-19(16-31)30(4)25(32)20-14-22(17(2)13-21(20)33-5)34-24-15-28-26(35-24)29-23-9-7-8-11-27-23;1-5-18-14-29(8-9-30(18)22(31)6-2)25(33)19-12-21(16(3)11-20(19)34-4)36-23-13-27-26(37-23)28-24(32)17-7-10-35-15-17/h7-9,11-12,15-17,23H,1,10,13-14,18H2,2-6H3,(H,30,31,32);5,8-12,15,19-20H,1,3,6-7,13-14H2,2,4H3,(H,28,29,32);6-9,11,13-15,19H,1,3,10,12,16H2,2,4-5H3,(H,27,28,29);1,6-7,10-13,15,18H,2,8-9,14H2,3-4H3,(H,27,28,32)/t23-;19-,20+;19-;18-/m0.11/s1. The third-order valence-electron chi connectivity index (χ3n) is 25.2. The number of likely N-dealkylation sites (N-methyl/N-ethyl adjacent to an activating group) is 1. The van der Waals surface area contributed by atoms with Crippen molar-refractivity contribution in [3.8, 4) is 35.3 Å². The lowest BCUT2D eigenvalue weighted by atomic mass is 9.85. The van der Waals surface area contributed by atoms with E-state index in [2.05, 4.69) is 127 Å². The van der Waals surface area contributed by atoms with E-state index in [1.165, 1.54) is 111 Å². The summed E-state index contributed by atoms with van der Waals surface area (Å²) in [5.41, 5.74) is 8.82. The molecule has 0 spiro atoms. The number of anilines is 6. The molecule has 5 aliphatic rings. The Kier molecular flexibility index (Phi) is 38.1. The molecule has 0 saturated carbocycles. The Morgan fingerprint density at radius 3 is 1.28 bits per heavy atom. The first-order valence-corrected chi connectivity index (χ1v) is 55.6. The second-order valence-corrected chi connectivity index (χ2v) is 46.9. The molecule has 13 heterocycles. The lowest BCUT2D eigenvalue weighted by Gasteiger charge is -2.42. The second kappa shape index (κ2) is 51.0. The number of thiophene rings is 2. The molecule has 8 aromatic heterocycles. The number of piperazine rings is 2. The van der Waals surface area contributed by atoms with Gasteiger partial charge in [0.2, 0.25) is 11.8 Å². The number of methoxy groups -OCH3 is 4. The van der Waals surface area contributed by atoms with E-state index >= 15 is 0 Å². The predicted molar refractivity (Wildman–Crippen MR) is 597 cm³/mol. The number of allylic oxidation sites excluding steroid dienone is 2. The Labute approximate surface area is 903 Å². The number of carbonyl (C=O) groups excluding carboxylic acids is 8. The van der Waals surface area contributed by atoms with Gasteiger partial charge in [0.25, 0.3) is 35.4 Å². The predicted octanol–water partition coefficient (Wildman–Crippen LogP) is 21.9. The normalized spacial score (nSPS) is 16.2. The number of fused-ring (bicyclic) bond motifs is 2. The summed E-state index contributed by atoms with van der Waals surface area (Å²) < 4.78 is 26.2. The minimum Gasteiger partial charge on any atom is -0.496 e. The summed E-state index contributed by atoms with van der Waals surface area (Å²) in [4.78, 5) is 149. The van der Waals surface area contributed by atoms with Crippen LogP contribution in [0.3, 0.4) is 0 Å². The zero-order valence-corrected chi connectivity index (χ0v) is 92.3. The van der Waals surface area contributed by atoms with Crippen molar-refractivity contribution < 1.29 is 57.3 Å². The minimum atomic E-state index is -0.534. The van der Waals surface area contributed by atoms with Gasteiger partial charge in [-0.05, 0) is 201 Å². The van der Waals surface area contributed by atoms with Crippen LogP contribution in [0.15, 0.2) is 267 Å². The number of hydrogen-bond donors (Lipinski definition) is 4. The number of pyridine rings is 2. The maximum absolute atomic E-state index is 14.0. The van der Waals surface area contributed by atoms with E-state index < -0.39 is 6.04 Å². The number of thiazole rings is 4. The van der Waals surface area contributed by atoms with Crippen LogP contribution in [0.1, 0.15) is 131 Å². The molecule has 17 rings (SSSR count). The zero-order chi connectivity index (χ0) is 106. The van der Waals surface area contributed by atoms with E-state index in [4.69, 9.17) is 25.4 Å². The molecule has 0 aliphatic carbocycles. The van der Waals surface area contributed by atoms with Crippen molar-refractivity contribution in [1.29, 1.82) is 0 Å². The van der Waals surface area contributed by atoms with Gasteiger partial charge in [0, 0.05) is 132 Å². The minimum absolute atomic E-state index is 0.0208. The Balaban J connectivity index is 0.000000156. The van der Waals surface area contributed by atoms with Gasteiger partial charge < -0.3 is 68.8 Å². The highest BCUT2D eigenvalue weighted by atomic mass is 32.2. The number of rotatable bonds is 31. The number of nitrogens with one attached hydrogen (secondary N) is 4. The first kappa shape index (κ1) is 110. The van der Waals surface area contributed by atoms with Gasteiger partial charge in [0.1, 0.15) is 40.7 Å². The fourth-order valence-electron chi connectivity index (χ4n) is 17.3. The number of terminal acetylenes is 1. The molecule has 12 aromatic rings. The number of ether oxygens (including phenoxy) is 4. The molecule has 30 nitrogen and oxygen atoms in total. The van der Waals surface area contributed by atoms with Crippen LogP contribution in [0.2, 0.25) is 0 Å². The number of benzene rings is 4. The van der Waals surface area contributed by atoms with Crippen LogP contribution in [0.25, 0.3) is 0 Å². The average molecular weight is 2180 g/mol. The maximum atomic E-state index is 14.0. The van der Waals surface area contributed by atoms with E-state index in [0.717, 1.165) is 124 Å². The maximum Gasteiger partial charge on any atom is 0.258 e. The van der Waals surface area contributed by atoms with Gasteiger partial charge in [-0.3, -0.25) is 49.0 Å². The van der Waals surface area contributed by atoms with E-state index in [1.54, 1.807) is 121 Å². The third-order valence-corrected chi connectivity index (χ3v) is 35.2. The van der Waals surface area contributed by atoms with E-state index in [1.807, 2.05) is 156 Å². The molecular weight excluding hydrogens is 2060 g/mol. The summed E-state index contributed by atoms with van der Waals surface area (Å²) >= 11 is 14.9. The molecular formula is C108H116N18O12S10. The van der Waals surface area contributed by atoms with Gasteiger partial charge in [-0.2, -0.15) is 22.7 Å². The molecule has 8 amide bonds. The van der Waals surface area contributed by atoms with Crippen LogP contribution in [0.5, 0.6) is 23.0 Å². The van der Waals surface area contributed by atoms with Crippen molar-refractivity contribution in [3.05, 3.63) is 287 Å². The summed E-state index contributed by atoms with van der Waals surface area (Å²) in [6.45, 7) is 42.7. The third kappa shape index (κ3) is 27.4. The fraction of sp³-hybridized carbons (Fsp3) is 0.296. The molecule has 5 atom stereocenters. The Hall–Kier alpha value is -13.3. The van der Waals surface area contributed by atoms with Gasteiger partial charge in [0.15, 0.2) is 20.5 Å². The van der Waals surface area contributed by atoms with Crippen molar-refractivity contribution in [2.24, 2.45) is 5.41 Å². The fourth-order valence-corrected chi connectivity index (χ4v) is 26.3. The van der Waals surface area contributed by atoms with Crippen molar-refractivity contribution >= 4 is 194 Å². The molecule has 5 saturated heterocycles. The van der Waals surface area contributed by atoms with Crippen LogP contribution in [-0.4, -0.2) is 248 Å². The highest BCUT2D eigenvalue weighted by molar-refractivity contribution is 8.02. The summed E-state index contributed by atoms with van der Waals surface area (Å²) in [6.07, 6.45) is 26.0. The summed E-state index contributed by atoms with van der Waals surface area (Å²) in [5.74, 6) is 5.11. The average Bonchev–Trinajstić information content (AvgIpc) is 1.32. The molecule has 5 aliphatic heterocycles. The number of aromatic nitrogens is 6. The molecule has 40 heteroatoms. The number of carbonyl (C=O) groups is 8. The molecule has 770 valence electrons. The molecule has 5 fully saturated rings. The molecule has 148 heavy (non-hydrogen) atoms. The quantitative estimate of drug-likeness (QED) is 0.0178. The summed E-state index contributed by atoms with van der Waals surface area (Å²) in [7, 11) is 8.16. The van der Waals surface area contributed by atoms with Crippen LogP contribution in [-0.2, 0) is 9.59 Å². The number of likely N-dealkylation sites (tertiary alicyclic amines) is 2. The molecule has 0 radical (unpaired) electrons. The Bertz CT molecular complexity index is 6900. The van der Waals surface area contributed by atoms with Gasteiger partial charge >= 0.3 is 0 Å². The second-order valence-electron chi connectivity index (χ2n) is 35.8. The molecule has 2 bridgehead atoms. The van der Waals surface area contributed by atoms with Gasteiger partial charge in [-0.1, -0.05) is 171 Å². The lowest BCUT2D eigenvalue weighted by molar-refractivity contribution is -0.130. The lowest BCUT2D eigenvalue weighted by Crippen LogP contribution is -2.55. The van der Waals surface area contributed by atoms with E-state index in [9.17, 15) is 38.4 Å². The number of nitrogens with zero attached hydrogens (tertiary/aromatic N) is 14. The molecule has 0 unspecified atom stereocenters. The Morgan fingerprint density at radius 1 is 0.466 bits per heavy atom. The first-order valence-electron chi connectivity index (χ1n) is 47.2. The number of amides is 8. The summed E-state index contributed by atoms with van der Waals surface area (Å²) in [6, 6.07) is 30.0. The van der Waals surface area contributed by atoms with Crippen molar-refractivity contribution in [1.82, 2.24) is 69.1 Å². The van der Waals surface area contributed by atoms with Gasteiger partial charge in [0.05, 0.1) is 122 Å². The van der Waals surface area contributed by atoms with Crippen LogP contribution in [0, 0.1) is 45.5 Å². The van der Waals surface area contributed by atoms with Crippen LogP contribution in [0.4, 0.5) is 32.2 Å². The van der Waals surface area contributed by atoms with Gasteiger partial charge in [-0.25, -0.2) is 29.9 Å². The highest BCUT2D eigenvalue weighted by Gasteiger charge is 2.44. The zero-order valence-electron chi connectivity index (χ0n) is 84.2. The molecule has 4 N–H and O–H groups in total. The first-order chi connectivity index (χ1) is 71.2. The smallest absolute Gasteiger partial charge is 0.258 e. The molecule has 4 aromatic carbocycles. The monoisotopic (exact) mass is 2180 g/mol. The SMILES string of the molecule is C#C[C@@H]1CN(C(=O)c2cc(Sc3cnc(NC(=O)c4ccsc4)s3)c(C)cc2OC)CCN1C(=O)C=C.C=CC(=C)N1CC[C@@H](N(C)C(=O)c2cc(Sc3cnc(Nc4ccccn4)s3)c(C)cc2OC)C1.C=CC(=C)N1[C@@H]2CC[C@H]1CN(C(=O)c1cc(Sc3cnc(NC(=O)c4ccsc4)s3)c(C)cc1OC)C2.C=CC(=O)N1CCCN(C(=O)c2cc(Sc3cnc(Nc4ccccn4)s3)c(C)cc2OC)C[C@H]1C(C)(C)C. The largest absolute Gasteiger partial charge is 0.496 e. The topological polar surface area (TPSA) is 325 Å². The van der Waals surface area contributed by atoms with Crippen molar-refractivity contribution in [2.45, 2.75) is 141 Å². The van der Waals surface area contributed by atoms with Crippen LogP contribution >= 0.6 is 115 Å². The number of aryl methyl sites for hydroxylation is 4. The van der Waals surface area contributed by atoms with Gasteiger partial charge in [-0.15, -0.1) is 6.42 Å². The van der Waals surface area contributed by atoms with E-state index in [-0.39, 0.29) is 83.4 Å². The van der Waals surface area contributed by atoms with Crippen LogP contribution < -0.4 is 40.2 Å². The van der Waals surface area contributed by atoms with Crippen molar-refractivity contribution in [2.75, 3.05) is 122 Å². The highest BCUT2D eigenvalue weighted by Crippen LogP contribution is 2.46. The Morgan fingerprint density at radius 2 is 0.878 bits per heavy atom.